The van der Waals surface area contributed by atoms with Crippen molar-refractivity contribution in [3.63, 3.8) is 0 Å². The number of carbonyl (C=O) groups excluding carboxylic acids is 1. The molecule has 1 aromatic rings. The number of phenolic OH excluding ortho intramolecular Hbond substituents is 2. The van der Waals surface area contributed by atoms with Crippen LogP contribution in [-0.4, -0.2) is 44.3 Å². The van der Waals surface area contributed by atoms with Crippen LogP contribution in [0.3, 0.4) is 0 Å². The number of amides is 1. The van der Waals surface area contributed by atoms with Gasteiger partial charge in [0.1, 0.15) is 11.5 Å². The Bertz CT molecular complexity index is 502. The monoisotopic (exact) mass is 263 g/mol. The zero-order chi connectivity index (χ0) is 13.6. The fraction of sp³-hybridized carbons (Fsp3) is 0.500. The lowest BCUT2D eigenvalue weighted by Crippen LogP contribution is -2.48. The van der Waals surface area contributed by atoms with E-state index in [4.69, 9.17) is 0 Å². The molecule has 2 aliphatic rings. The zero-order valence-corrected chi connectivity index (χ0v) is 10.5. The maximum atomic E-state index is 12.5. The standard InChI is InChI=1S/C14H17NO4/c16-10-3-4-13(18)12(7-10)14(19)15-8-1-2-9(15)6-11(17)5-8/h3-4,7-9,11,16-18H,1-2,5-6H2. The molecule has 0 aliphatic carbocycles. The number of carbonyl (C=O) groups is 1. The van der Waals surface area contributed by atoms with Crippen LogP contribution in [0.4, 0.5) is 0 Å². The highest BCUT2D eigenvalue weighted by Crippen LogP contribution is 2.38. The number of phenols is 2. The predicted octanol–water partition coefficient (Wildman–Crippen LogP) is 1.23. The van der Waals surface area contributed by atoms with E-state index in [0.29, 0.717) is 12.8 Å². The van der Waals surface area contributed by atoms with E-state index < -0.39 is 0 Å². The van der Waals surface area contributed by atoms with E-state index in [-0.39, 0.29) is 41.2 Å². The van der Waals surface area contributed by atoms with Crippen LogP contribution in [0.1, 0.15) is 36.0 Å². The molecule has 2 saturated heterocycles. The average molecular weight is 263 g/mol. The van der Waals surface area contributed by atoms with E-state index in [1.807, 2.05) is 0 Å². The Morgan fingerprint density at radius 1 is 1.16 bits per heavy atom. The number of rotatable bonds is 1. The molecule has 2 atom stereocenters. The minimum absolute atomic E-state index is 0.0365. The van der Waals surface area contributed by atoms with Crippen LogP contribution in [0, 0.1) is 0 Å². The molecule has 0 radical (unpaired) electrons. The Hall–Kier alpha value is -1.75. The van der Waals surface area contributed by atoms with Crippen molar-refractivity contribution in [3.05, 3.63) is 23.8 Å². The van der Waals surface area contributed by atoms with Gasteiger partial charge in [0.05, 0.1) is 11.7 Å². The van der Waals surface area contributed by atoms with Crippen molar-refractivity contribution in [2.75, 3.05) is 0 Å². The van der Waals surface area contributed by atoms with E-state index in [2.05, 4.69) is 0 Å². The molecular formula is C14H17NO4. The molecule has 1 aromatic carbocycles. The van der Waals surface area contributed by atoms with Gasteiger partial charge in [0, 0.05) is 12.1 Å². The summed E-state index contributed by atoms with van der Waals surface area (Å²) in [6, 6.07) is 4.05. The minimum atomic E-state index is -0.334. The molecule has 2 bridgehead atoms. The summed E-state index contributed by atoms with van der Waals surface area (Å²) in [6.07, 6.45) is 2.66. The lowest BCUT2D eigenvalue weighted by Gasteiger charge is -2.37. The minimum Gasteiger partial charge on any atom is -0.508 e. The van der Waals surface area contributed by atoms with Crippen molar-refractivity contribution in [3.8, 4) is 11.5 Å². The largest absolute Gasteiger partial charge is 0.508 e. The topological polar surface area (TPSA) is 81.0 Å². The van der Waals surface area contributed by atoms with Gasteiger partial charge < -0.3 is 20.2 Å². The van der Waals surface area contributed by atoms with E-state index in [1.165, 1.54) is 18.2 Å². The van der Waals surface area contributed by atoms with Crippen LogP contribution in [-0.2, 0) is 0 Å². The number of aromatic hydroxyl groups is 2. The third-order valence-corrected chi connectivity index (χ3v) is 4.15. The number of hydrogen-bond acceptors (Lipinski definition) is 4. The fourth-order valence-electron chi connectivity index (χ4n) is 3.31. The third kappa shape index (κ3) is 2.04. The molecule has 0 aromatic heterocycles. The molecule has 102 valence electrons. The third-order valence-electron chi connectivity index (χ3n) is 4.15. The van der Waals surface area contributed by atoms with E-state index in [1.54, 1.807) is 4.90 Å². The SMILES string of the molecule is O=C(c1cc(O)ccc1O)N1C2CCC1CC(O)C2. The Morgan fingerprint density at radius 2 is 1.79 bits per heavy atom. The second kappa shape index (κ2) is 4.42. The van der Waals surface area contributed by atoms with Gasteiger partial charge in [-0.3, -0.25) is 4.79 Å². The Morgan fingerprint density at radius 3 is 2.42 bits per heavy atom. The smallest absolute Gasteiger partial charge is 0.258 e. The number of piperidine rings is 1. The Balaban J connectivity index is 1.90. The molecule has 1 amide bonds. The molecule has 3 N–H and O–H groups in total. The highest BCUT2D eigenvalue weighted by molar-refractivity contribution is 5.97. The quantitative estimate of drug-likeness (QED) is 0.666. The van der Waals surface area contributed by atoms with Gasteiger partial charge in [-0.15, -0.1) is 0 Å². The highest BCUT2D eigenvalue weighted by atomic mass is 16.3. The molecule has 2 aliphatic heterocycles. The highest BCUT2D eigenvalue weighted by Gasteiger charge is 2.43. The molecule has 2 heterocycles. The number of aliphatic hydroxyl groups is 1. The normalized spacial score (nSPS) is 29.5. The van der Waals surface area contributed by atoms with Crippen molar-refractivity contribution >= 4 is 5.91 Å². The first-order valence-electron chi connectivity index (χ1n) is 6.59. The number of aliphatic hydroxyl groups excluding tert-OH is 1. The second-order valence-electron chi connectivity index (χ2n) is 5.42. The van der Waals surface area contributed by atoms with Crippen LogP contribution in [0.25, 0.3) is 0 Å². The van der Waals surface area contributed by atoms with Gasteiger partial charge in [-0.25, -0.2) is 0 Å². The first-order valence-corrected chi connectivity index (χ1v) is 6.59. The molecule has 19 heavy (non-hydrogen) atoms. The predicted molar refractivity (Wildman–Crippen MR) is 68.0 cm³/mol. The molecule has 3 rings (SSSR count). The van der Waals surface area contributed by atoms with Crippen molar-refractivity contribution in [2.45, 2.75) is 43.9 Å². The van der Waals surface area contributed by atoms with Crippen LogP contribution in [0.15, 0.2) is 18.2 Å². The molecule has 0 saturated carbocycles. The van der Waals surface area contributed by atoms with E-state index in [9.17, 15) is 20.1 Å². The van der Waals surface area contributed by atoms with Gasteiger partial charge in [0.25, 0.3) is 5.91 Å². The van der Waals surface area contributed by atoms with Crippen LogP contribution < -0.4 is 0 Å². The van der Waals surface area contributed by atoms with Gasteiger partial charge in [0.15, 0.2) is 0 Å². The van der Waals surface area contributed by atoms with Gasteiger partial charge >= 0.3 is 0 Å². The van der Waals surface area contributed by atoms with Gasteiger partial charge in [-0.05, 0) is 43.9 Å². The number of nitrogens with zero attached hydrogens (tertiary/aromatic N) is 1. The van der Waals surface area contributed by atoms with Crippen molar-refractivity contribution in [1.82, 2.24) is 4.90 Å². The lowest BCUT2D eigenvalue weighted by atomic mass is 9.98. The molecule has 2 fully saturated rings. The summed E-state index contributed by atoms with van der Waals surface area (Å²) in [5, 5.41) is 29.0. The number of fused-ring (bicyclic) bond motifs is 2. The fourth-order valence-corrected chi connectivity index (χ4v) is 3.31. The maximum Gasteiger partial charge on any atom is 0.258 e. The van der Waals surface area contributed by atoms with Crippen LogP contribution in [0.5, 0.6) is 11.5 Å². The van der Waals surface area contributed by atoms with Crippen molar-refractivity contribution in [1.29, 1.82) is 0 Å². The first-order chi connectivity index (χ1) is 9.06. The van der Waals surface area contributed by atoms with Crippen molar-refractivity contribution in [2.24, 2.45) is 0 Å². The van der Waals surface area contributed by atoms with Crippen LogP contribution in [0.2, 0.25) is 0 Å². The summed E-state index contributed by atoms with van der Waals surface area (Å²) in [5.41, 5.74) is 0.133. The molecule has 2 unspecified atom stereocenters. The lowest BCUT2D eigenvalue weighted by molar-refractivity contribution is 0.0285. The summed E-state index contributed by atoms with van der Waals surface area (Å²) in [7, 11) is 0. The average Bonchev–Trinajstić information content (AvgIpc) is 2.64. The summed E-state index contributed by atoms with van der Waals surface area (Å²) in [6.45, 7) is 0. The summed E-state index contributed by atoms with van der Waals surface area (Å²) >= 11 is 0. The Kier molecular flexibility index (Phi) is 2.86. The molecule has 5 nitrogen and oxygen atoms in total. The maximum absolute atomic E-state index is 12.5. The van der Waals surface area contributed by atoms with Crippen LogP contribution >= 0.6 is 0 Å². The summed E-state index contributed by atoms with van der Waals surface area (Å²) in [5.74, 6) is -0.410. The zero-order valence-electron chi connectivity index (χ0n) is 10.5. The number of benzene rings is 1. The molecule has 0 spiro atoms. The second-order valence-corrected chi connectivity index (χ2v) is 5.42. The van der Waals surface area contributed by atoms with Gasteiger partial charge in [-0.2, -0.15) is 0 Å². The van der Waals surface area contributed by atoms with E-state index >= 15 is 0 Å². The van der Waals surface area contributed by atoms with Crippen molar-refractivity contribution < 1.29 is 20.1 Å². The Labute approximate surface area is 111 Å². The van der Waals surface area contributed by atoms with Gasteiger partial charge in [0.2, 0.25) is 0 Å². The number of hydrogen-bond donors (Lipinski definition) is 3. The van der Waals surface area contributed by atoms with Gasteiger partial charge in [-0.1, -0.05) is 0 Å². The molecule has 5 heteroatoms. The first kappa shape index (κ1) is 12.3. The summed E-state index contributed by atoms with van der Waals surface area (Å²) in [4.78, 5) is 14.3. The van der Waals surface area contributed by atoms with E-state index in [0.717, 1.165) is 12.8 Å². The summed E-state index contributed by atoms with van der Waals surface area (Å²) < 4.78 is 0. The molecular weight excluding hydrogens is 246 g/mol.